The summed E-state index contributed by atoms with van der Waals surface area (Å²) in [5.74, 6) is 0.260. The maximum absolute atomic E-state index is 11.2. The topological polar surface area (TPSA) is 64.3 Å². The third-order valence-electron chi connectivity index (χ3n) is 4.60. The molecule has 30 heavy (non-hydrogen) atoms. The summed E-state index contributed by atoms with van der Waals surface area (Å²) < 4.78 is 7.93. The number of nitrogens with zero attached hydrogens (tertiary/aromatic N) is 2. The Hall–Kier alpha value is -2.79. The first-order chi connectivity index (χ1) is 14.4. The average molecular weight is 427 g/mol. The van der Waals surface area contributed by atoms with E-state index in [0.29, 0.717) is 28.9 Å². The van der Waals surface area contributed by atoms with Gasteiger partial charge in [-0.1, -0.05) is 50.6 Å². The van der Waals surface area contributed by atoms with Crippen molar-refractivity contribution in [1.82, 2.24) is 9.78 Å². The molecule has 0 spiro atoms. The Morgan fingerprint density at radius 1 is 1.17 bits per heavy atom. The fourth-order valence-corrected chi connectivity index (χ4v) is 3.41. The maximum atomic E-state index is 11.2. The molecule has 0 aliphatic carbocycles. The van der Waals surface area contributed by atoms with Crippen LogP contribution in [0.5, 0.6) is 5.75 Å². The molecule has 0 amide bonds. The minimum absolute atomic E-state index is 0.0438. The van der Waals surface area contributed by atoms with Crippen LogP contribution in [0.3, 0.4) is 0 Å². The van der Waals surface area contributed by atoms with E-state index >= 15 is 0 Å². The van der Waals surface area contributed by atoms with Crippen molar-refractivity contribution in [2.24, 2.45) is 5.92 Å². The van der Waals surface area contributed by atoms with Crippen LogP contribution in [0.15, 0.2) is 48.5 Å². The van der Waals surface area contributed by atoms with Crippen LogP contribution >= 0.6 is 11.6 Å². The lowest BCUT2D eigenvalue weighted by molar-refractivity contribution is -0.136. The molecule has 2 aromatic carbocycles. The van der Waals surface area contributed by atoms with Gasteiger partial charge in [0.1, 0.15) is 5.75 Å². The summed E-state index contributed by atoms with van der Waals surface area (Å²) in [4.78, 5) is 11.2. The number of ether oxygens (including phenoxy) is 1. The zero-order valence-electron chi connectivity index (χ0n) is 17.6. The summed E-state index contributed by atoms with van der Waals surface area (Å²) in [7, 11) is 0. The first-order valence-corrected chi connectivity index (χ1v) is 10.6. The van der Waals surface area contributed by atoms with E-state index in [-0.39, 0.29) is 6.42 Å². The molecule has 158 valence electrons. The largest absolute Gasteiger partial charge is 0.493 e. The highest BCUT2D eigenvalue weighted by Crippen LogP contribution is 2.34. The van der Waals surface area contributed by atoms with Gasteiger partial charge in [-0.15, -0.1) is 0 Å². The molecule has 0 bridgehead atoms. The highest BCUT2D eigenvalue weighted by atomic mass is 35.5. The van der Waals surface area contributed by atoms with E-state index in [1.165, 1.54) is 0 Å². The quantitative estimate of drug-likeness (QED) is 0.459. The van der Waals surface area contributed by atoms with Gasteiger partial charge in [0.2, 0.25) is 0 Å². The van der Waals surface area contributed by atoms with E-state index in [4.69, 9.17) is 21.4 Å². The average Bonchev–Trinajstić information content (AvgIpc) is 3.10. The number of aromatic nitrogens is 2. The van der Waals surface area contributed by atoms with Gasteiger partial charge < -0.3 is 9.84 Å². The zero-order valence-corrected chi connectivity index (χ0v) is 18.3. The van der Waals surface area contributed by atoms with Crippen molar-refractivity contribution in [1.29, 1.82) is 0 Å². The predicted molar refractivity (Wildman–Crippen MR) is 120 cm³/mol. The molecule has 1 heterocycles. The lowest BCUT2D eigenvalue weighted by Gasteiger charge is -2.11. The number of rotatable bonds is 9. The molecule has 6 heteroatoms. The minimum atomic E-state index is -0.865. The molecule has 1 aromatic heterocycles. The molecular formula is C24H27ClN2O3. The van der Waals surface area contributed by atoms with E-state index in [2.05, 4.69) is 20.8 Å². The molecule has 0 aliphatic rings. The highest BCUT2D eigenvalue weighted by molar-refractivity contribution is 6.30. The zero-order chi connectivity index (χ0) is 21.7. The van der Waals surface area contributed by atoms with Gasteiger partial charge in [-0.05, 0) is 53.8 Å². The van der Waals surface area contributed by atoms with E-state index in [0.717, 1.165) is 35.5 Å². The number of hydrogen-bond acceptors (Lipinski definition) is 3. The van der Waals surface area contributed by atoms with Crippen molar-refractivity contribution >= 4 is 17.6 Å². The number of aliphatic carboxylic acids is 1. The molecule has 0 saturated carbocycles. The van der Waals surface area contributed by atoms with Crippen molar-refractivity contribution in [2.45, 2.75) is 40.2 Å². The smallest absolute Gasteiger partial charge is 0.307 e. The Balaban J connectivity index is 2.11. The van der Waals surface area contributed by atoms with Gasteiger partial charge >= 0.3 is 5.97 Å². The standard InChI is InChI=1S/C24H27ClN2O3/c1-4-11-30-23-10-5-17(13-24(28)29)12-20(23)21-14-22(27(26-21)15-16(2)3)18-6-8-19(25)9-7-18/h5-10,12,14,16H,4,11,13,15H2,1-3H3,(H,28,29). The van der Waals surface area contributed by atoms with Crippen molar-refractivity contribution in [3.63, 3.8) is 0 Å². The Morgan fingerprint density at radius 2 is 1.90 bits per heavy atom. The van der Waals surface area contributed by atoms with Crippen LogP contribution in [0.2, 0.25) is 5.02 Å². The Kier molecular flexibility index (Phi) is 7.16. The van der Waals surface area contributed by atoms with Crippen molar-refractivity contribution in [3.05, 3.63) is 59.1 Å². The maximum Gasteiger partial charge on any atom is 0.307 e. The molecule has 0 radical (unpaired) electrons. The molecule has 3 aromatic rings. The van der Waals surface area contributed by atoms with Crippen molar-refractivity contribution < 1.29 is 14.6 Å². The monoisotopic (exact) mass is 426 g/mol. The molecule has 0 atom stereocenters. The summed E-state index contributed by atoms with van der Waals surface area (Å²) in [6.07, 6.45) is 0.839. The first kappa shape index (κ1) is 21.9. The van der Waals surface area contributed by atoms with Gasteiger partial charge in [0.05, 0.1) is 24.4 Å². The predicted octanol–water partition coefficient (Wildman–Crippen LogP) is 5.94. The van der Waals surface area contributed by atoms with Gasteiger partial charge in [0.15, 0.2) is 0 Å². The van der Waals surface area contributed by atoms with Gasteiger partial charge in [0, 0.05) is 17.1 Å². The Morgan fingerprint density at radius 3 is 2.53 bits per heavy atom. The second-order valence-corrected chi connectivity index (χ2v) is 8.18. The van der Waals surface area contributed by atoms with Crippen LogP contribution < -0.4 is 4.74 Å². The van der Waals surface area contributed by atoms with Gasteiger partial charge in [-0.2, -0.15) is 5.10 Å². The second-order valence-electron chi connectivity index (χ2n) is 7.75. The van der Waals surface area contributed by atoms with Crippen LogP contribution in [-0.4, -0.2) is 27.5 Å². The number of hydrogen-bond donors (Lipinski definition) is 1. The van der Waals surface area contributed by atoms with E-state index in [1.807, 2.05) is 47.1 Å². The summed E-state index contributed by atoms with van der Waals surface area (Å²) >= 11 is 6.07. The van der Waals surface area contributed by atoms with Crippen LogP contribution in [-0.2, 0) is 17.8 Å². The number of halogens is 1. The van der Waals surface area contributed by atoms with Crippen molar-refractivity contribution in [2.75, 3.05) is 6.61 Å². The highest BCUT2D eigenvalue weighted by Gasteiger charge is 2.17. The van der Waals surface area contributed by atoms with Crippen molar-refractivity contribution in [3.8, 4) is 28.3 Å². The lowest BCUT2D eigenvalue weighted by atomic mass is 10.0. The molecule has 0 unspecified atom stereocenters. The van der Waals surface area contributed by atoms with E-state index in [9.17, 15) is 9.90 Å². The van der Waals surface area contributed by atoms with Gasteiger partial charge in [-0.25, -0.2) is 0 Å². The van der Waals surface area contributed by atoms with Crippen LogP contribution in [0, 0.1) is 5.92 Å². The van der Waals surface area contributed by atoms with Crippen LogP contribution in [0.1, 0.15) is 32.8 Å². The third kappa shape index (κ3) is 5.42. The van der Waals surface area contributed by atoms with Crippen LogP contribution in [0.25, 0.3) is 22.5 Å². The normalized spacial score (nSPS) is 11.1. The SMILES string of the molecule is CCCOc1ccc(CC(=O)O)cc1-c1cc(-c2ccc(Cl)cc2)n(CC(C)C)n1. The van der Waals surface area contributed by atoms with Gasteiger partial charge in [0.25, 0.3) is 0 Å². The minimum Gasteiger partial charge on any atom is -0.493 e. The first-order valence-electron chi connectivity index (χ1n) is 10.2. The molecule has 5 nitrogen and oxygen atoms in total. The number of carboxylic acids is 1. The molecular weight excluding hydrogens is 400 g/mol. The Bertz CT molecular complexity index is 1010. The van der Waals surface area contributed by atoms with Crippen LogP contribution in [0.4, 0.5) is 0 Å². The Labute approximate surface area is 182 Å². The second kappa shape index (κ2) is 9.81. The van der Waals surface area contributed by atoms with E-state index < -0.39 is 5.97 Å². The number of benzene rings is 2. The lowest BCUT2D eigenvalue weighted by Crippen LogP contribution is -2.08. The summed E-state index contributed by atoms with van der Waals surface area (Å²) in [5, 5.41) is 14.7. The molecule has 0 saturated heterocycles. The fourth-order valence-electron chi connectivity index (χ4n) is 3.29. The molecule has 0 aliphatic heterocycles. The number of carboxylic acid groups (broad SMARTS) is 1. The molecule has 0 fully saturated rings. The molecule has 3 rings (SSSR count). The fraction of sp³-hybridized carbons (Fsp3) is 0.333. The number of carbonyl (C=O) groups is 1. The van der Waals surface area contributed by atoms with Gasteiger partial charge in [-0.3, -0.25) is 9.48 Å². The van der Waals surface area contributed by atoms with E-state index in [1.54, 1.807) is 6.07 Å². The third-order valence-corrected chi connectivity index (χ3v) is 4.85. The summed E-state index contributed by atoms with van der Waals surface area (Å²) in [5.41, 5.74) is 4.30. The summed E-state index contributed by atoms with van der Waals surface area (Å²) in [6, 6.07) is 15.2. The summed E-state index contributed by atoms with van der Waals surface area (Å²) in [6.45, 7) is 7.70. The molecule has 1 N–H and O–H groups in total.